The zero-order valence-electron chi connectivity index (χ0n) is 11.0. The minimum Gasteiger partial charge on any atom is -0.450 e. The quantitative estimate of drug-likeness (QED) is 0.689. The Morgan fingerprint density at radius 3 is 2.38 bits per heavy atom. The molecule has 7 heteroatoms. The second kappa shape index (κ2) is 5.84. The predicted molar refractivity (Wildman–Crippen MR) is 72.1 cm³/mol. The van der Waals surface area contributed by atoms with E-state index in [0.29, 0.717) is 5.56 Å². The van der Waals surface area contributed by atoms with Crippen molar-refractivity contribution in [2.45, 2.75) is 13.0 Å². The average molecular weight is 294 g/mol. The molecule has 0 spiro atoms. The second-order valence-electron chi connectivity index (χ2n) is 4.44. The number of nitrogens with two attached hydrogens (primary N) is 1. The van der Waals surface area contributed by atoms with Crippen LogP contribution in [-0.4, -0.2) is 4.92 Å². The first kappa shape index (κ1) is 14.9. The number of nitro groups is 1. The van der Waals surface area contributed by atoms with Gasteiger partial charge in [-0.1, -0.05) is 0 Å². The molecule has 2 aromatic rings. The highest BCUT2D eigenvalue weighted by atomic mass is 19.1. The molecule has 0 heterocycles. The minimum absolute atomic E-state index is 0.139. The summed E-state index contributed by atoms with van der Waals surface area (Å²) in [7, 11) is 0. The molecule has 0 aliphatic rings. The van der Waals surface area contributed by atoms with E-state index in [2.05, 4.69) is 0 Å². The van der Waals surface area contributed by atoms with Gasteiger partial charge in [0.25, 0.3) is 0 Å². The highest BCUT2D eigenvalue weighted by molar-refractivity contribution is 5.50. The number of rotatable bonds is 4. The molecule has 0 aliphatic heterocycles. The Labute approximate surface area is 119 Å². The first-order chi connectivity index (χ1) is 9.88. The SMILES string of the molecule is C[C@H](N)c1cc(F)ccc1Oc1cc(F)ccc1[N+](=O)[O-]. The molecule has 0 amide bonds. The first-order valence-corrected chi connectivity index (χ1v) is 6.05. The van der Waals surface area contributed by atoms with E-state index in [-0.39, 0.29) is 11.5 Å². The average Bonchev–Trinajstić information content (AvgIpc) is 2.40. The molecule has 0 saturated heterocycles. The molecule has 0 bridgehead atoms. The molecular weight excluding hydrogens is 282 g/mol. The van der Waals surface area contributed by atoms with E-state index in [9.17, 15) is 18.9 Å². The van der Waals surface area contributed by atoms with Crippen LogP contribution < -0.4 is 10.5 Å². The van der Waals surface area contributed by atoms with Gasteiger partial charge >= 0.3 is 5.69 Å². The van der Waals surface area contributed by atoms with Gasteiger partial charge in [-0.2, -0.15) is 0 Å². The summed E-state index contributed by atoms with van der Waals surface area (Å²) < 4.78 is 31.9. The van der Waals surface area contributed by atoms with Crippen molar-refractivity contribution in [2.24, 2.45) is 5.73 Å². The van der Waals surface area contributed by atoms with Crippen LogP contribution in [0.3, 0.4) is 0 Å². The van der Waals surface area contributed by atoms with Gasteiger partial charge in [0.1, 0.15) is 17.4 Å². The largest absolute Gasteiger partial charge is 0.450 e. The normalized spacial score (nSPS) is 12.0. The summed E-state index contributed by atoms with van der Waals surface area (Å²) in [6.45, 7) is 1.61. The topological polar surface area (TPSA) is 78.4 Å². The summed E-state index contributed by atoms with van der Waals surface area (Å²) in [6, 6.07) is 5.90. The van der Waals surface area contributed by atoms with Crippen LogP contribution in [-0.2, 0) is 0 Å². The van der Waals surface area contributed by atoms with Crippen molar-refractivity contribution in [1.82, 2.24) is 0 Å². The number of nitrogens with zero attached hydrogens (tertiary/aromatic N) is 1. The van der Waals surface area contributed by atoms with Gasteiger partial charge in [0.05, 0.1) is 4.92 Å². The molecule has 0 aromatic heterocycles. The van der Waals surface area contributed by atoms with Crippen molar-refractivity contribution in [3.63, 3.8) is 0 Å². The van der Waals surface area contributed by atoms with Gasteiger partial charge in [-0.15, -0.1) is 0 Å². The molecule has 21 heavy (non-hydrogen) atoms. The maximum Gasteiger partial charge on any atom is 0.311 e. The summed E-state index contributed by atoms with van der Waals surface area (Å²) in [4.78, 5) is 10.2. The van der Waals surface area contributed by atoms with Gasteiger partial charge < -0.3 is 10.5 Å². The van der Waals surface area contributed by atoms with Crippen molar-refractivity contribution in [3.8, 4) is 11.5 Å². The highest BCUT2D eigenvalue weighted by Crippen LogP contribution is 2.35. The van der Waals surface area contributed by atoms with Gasteiger partial charge in [-0.05, 0) is 31.2 Å². The monoisotopic (exact) mass is 294 g/mol. The number of nitro benzene ring substituents is 1. The zero-order valence-corrected chi connectivity index (χ0v) is 11.0. The first-order valence-electron chi connectivity index (χ1n) is 6.05. The summed E-state index contributed by atoms with van der Waals surface area (Å²) in [5, 5.41) is 10.9. The van der Waals surface area contributed by atoms with E-state index in [1.54, 1.807) is 6.92 Å². The molecular formula is C14H12F2N2O3. The minimum atomic E-state index is -0.691. The van der Waals surface area contributed by atoms with Crippen LogP contribution in [0.5, 0.6) is 11.5 Å². The molecule has 0 saturated carbocycles. The van der Waals surface area contributed by atoms with Gasteiger partial charge in [-0.25, -0.2) is 8.78 Å². The van der Waals surface area contributed by atoms with Crippen LogP contribution in [0.1, 0.15) is 18.5 Å². The zero-order chi connectivity index (χ0) is 15.6. The van der Waals surface area contributed by atoms with Crippen LogP contribution in [0.25, 0.3) is 0 Å². The van der Waals surface area contributed by atoms with Crippen molar-refractivity contribution in [2.75, 3.05) is 0 Å². The van der Waals surface area contributed by atoms with Crippen LogP contribution in [0.15, 0.2) is 36.4 Å². The molecule has 0 unspecified atom stereocenters. The van der Waals surface area contributed by atoms with Crippen LogP contribution in [0.4, 0.5) is 14.5 Å². The molecule has 0 radical (unpaired) electrons. The Kier molecular flexibility index (Phi) is 4.13. The lowest BCUT2D eigenvalue weighted by atomic mass is 10.1. The molecule has 1 atom stereocenters. The predicted octanol–water partition coefficient (Wildman–Crippen LogP) is 3.69. The van der Waals surface area contributed by atoms with Crippen LogP contribution in [0.2, 0.25) is 0 Å². The van der Waals surface area contributed by atoms with E-state index < -0.39 is 28.3 Å². The second-order valence-corrected chi connectivity index (χ2v) is 4.44. The third kappa shape index (κ3) is 3.32. The molecule has 5 nitrogen and oxygen atoms in total. The molecule has 2 N–H and O–H groups in total. The number of ether oxygens (including phenoxy) is 1. The smallest absolute Gasteiger partial charge is 0.311 e. The van der Waals surface area contributed by atoms with E-state index >= 15 is 0 Å². The van der Waals surface area contributed by atoms with Gasteiger partial charge in [0.2, 0.25) is 5.75 Å². The molecule has 110 valence electrons. The third-order valence-corrected chi connectivity index (χ3v) is 2.80. The Morgan fingerprint density at radius 1 is 1.14 bits per heavy atom. The number of benzene rings is 2. The lowest BCUT2D eigenvalue weighted by Crippen LogP contribution is -2.07. The summed E-state index contributed by atoms with van der Waals surface area (Å²) in [5.41, 5.74) is 5.65. The fraction of sp³-hybridized carbons (Fsp3) is 0.143. The van der Waals surface area contributed by atoms with E-state index in [4.69, 9.17) is 10.5 Å². The Morgan fingerprint density at radius 2 is 1.76 bits per heavy atom. The highest BCUT2D eigenvalue weighted by Gasteiger charge is 2.19. The maximum atomic E-state index is 13.2. The van der Waals surface area contributed by atoms with Gasteiger partial charge in [-0.3, -0.25) is 10.1 Å². The van der Waals surface area contributed by atoms with E-state index in [1.807, 2.05) is 0 Å². The molecule has 2 aromatic carbocycles. The molecule has 2 rings (SSSR count). The van der Waals surface area contributed by atoms with Crippen molar-refractivity contribution >= 4 is 5.69 Å². The summed E-state index contributed by atoms with van der Waals surface area (Å²) in [6.07, 6.45) is 0. The van der Waals surface area contributed by atoms with Crippen LogP contribution in [0, 0.1) is 21.7 Å². The maximum absolute atomic E-state index is 13.2. The summed E-state index contributed by atoms with van der Waals surface area (Å²) >= 11 is 0. The lowest BCUT2D eigenvalue weighted by Gasteiger charge is -2.14. The number of halogens is 2. The molecule has 0 fully saturated rings. The number of hydrogen-bond acceptors (Lipinski definition) is 4. The third-order valence-electron chi connectivity index (χ3n) is 2.80. The van der Waals surface area contributed by atoms with E-state index in [1.165, 1.54) is 12.1 Å². The fourth-order valence-corrected chi connectivity index (χ4v) is 1.81. The van der Waals surface area contributed by atoms with E-state index in [0.717, 1.165) is 24.3 Å². The van der Waals surface area contributed by atoms with Gasteiger partial charge in [0, 0.05) is 23.7 Å². The van der Waals surface area contributed by atoms with Crippen molar-refractivity contribution in [3.05, 3.63) is 63.7 Å². The Balaban J connectivity index is 2.47. The van der Waals surface area contributed by atoms with Crippen molar-refractivity contribution in [1.29, 1.82) is 0 Å². The summed E-state index contributed by atoms with van der Waals surface area (Å²) in [5.74, 6) is -1.32. The standard InChI is InChI=1S/C14H12F2N2O3/c1-8(17)11-6-9(15)3-5-13(11)21-14-7-10(16)2-4-12(14)18(19)20/h2-8H,17H2,1H3/t8-/m0/s1. The van der Waals surface area contributed by atoms with Gasteiger partial charge in [0.15, 0.2) is 0 Å². The lowest BCUT2D eigenvalue weighted by molar-refractivity contribution is -0.385. The van der Waals surface area contributed by atoms with Crippen LogP contribution >= 0.6 is 0 Å². The fourth-order valence-electron chi connectivity index (χ4n) is 1.81. The van der Waals surface area contributed by atoms with Crippen molar-refractivity contribution < 1.29 is 18.4 Å². The Hall–Kier alpha value is -2.54. The Bertz CT molecular complexity index is 690. The molecule has 0 aliphatic carbocycles. The number of hydrogen-bond donors (Lipinski definition) is 1.